The molecule has 3 aromatic carbocycles. The summed E-state index contributed by atoms with van der Waals surface area (Å²) < 4.78 is 0. The smallest absolute Gasteiger partial charge is 0.251 e. The fourth-order valence-corrected chi connectivity index (χ4v) is 5.19. The van der Waals surface area contributed by atoms with Crippen LogP contribution in [0, 0.1) is 11.3 Å². The highest BCUT2D eigenvalue weighted by molar-refractivity contribution is 5.95. The predicted octanol–water partition coefficient (Wildman–Crippen LogP) is 7.18. The molecule has 2 heterocycles. The van der Waals surface area contributed by atoms with E-state index < -0.39 is 0 Å². The zero-order valence-corrected chi connectivity index (χ0v) is 20.9. The van der Waals surface area contributed by atoms with Crippen LogP contribution in [0.2, 0.25) is 0 Å². The van der Waals surface area contributed by atoms with E-state index in [9.17, 15) is 10.1 Å². The minimum atomic E-state index is -0.00913. The maximum absolute atomic E-state index is 12.6. The number of amides is 1. The van der Waals surface area contributed by atoms with Crippen LogP contribution in [0.1, 0.15) is 41.6 Å². The number of pyridine rings is 1. The molecule has 6 rings (SSSR count). The van der Waals surface area contributed by atoms with E-state index in [1.54, 1.807) is 12.4 Å². The lowest BCUT2D eigenvalue weighted by atomic mass is 9.97. The molecule has 1 fully saturated rings. The van der Waals surface area contributed by atoms with Crippen molar-refractivity contribution in [1.82, 2.24) is 15.3 Å². The number of anilines is 2. The highest BCUT2D eigenvalue weighted by Crippen LogP contribution is 2.35. The summed E-state index contributed by atoms with van der Waals surface area (Å²) in [6.45, 7) is 0. The molecule has 0 radical (unpaired) electrons. The van der Waals surface area contributed by atoms with Crippen LogP contribution < -0.4 is 10.6 Å². The molecule has 0 saturated heterocycles. The van der Waals surface area contributed by atoms with Gasteiger partial charge in [-0.1, -0.05) is 43.2 Å². The molecule has 1 saturated carbocycles. The topological polar surface area (TPSA) is 93.6 Å². The quantitative estimate of drug-likeness (QED) is 0.231. The van der Waals surface area contributed by atoms with Gasteiger partial charge in [-0.2, -0.15) is 5.26 Å². The lowest BCUT2D eigenvalue weighted by molar-refractivity contribution is 0.0938. The Hall–Kier alpha value is -4.89. The summed E-state index contributed by atoms with van der Waals surface area (Å²) in [5, 5.41) is 17.5. The van der Waals surface area contributed by atoms with Gasteiger partial charge in [0.2, 0.25) is 0 Å². The Labute approximate surface area is 221 Å². The second kappa shape index (κ2) is 10.2. The number of nitrogens with zero attached hydrogens (tertiary/aromatic N) is 2. The molecule has 0 spiro atoms. The molecule has 1 aliphatic carbocycles. The van der Waals surface area contributed by atoms with Gasteiger partial charge in [0.05, 0.1) is 11.3 Å². The van der Waals surface area contributed by atoms with Crippen molar-refractivity contribution in [1.29, 1.82) is 5.26 Å². The van der Waals surface area contributed by atoms with Crippen molar-refractivity contribution in [2.24, 2.45) is 0 Å². The van der Waals surface area contributed by atoms with E-state index in [4.69, 9.17) is 0 Å². The number of hydrogen-bond acceptors (Lipinski definition) is 4. The average molecular weight is 498 g/mol. The first kappa shape index (κ1) is 23.5. The number of aromatic nitrogens is 2. The molecule has 1 aliphatic rings. The maximum Gasteiger partial charge on any atom is 0.251 e. The van der Waals surface area contributed by atoms with Gasteiger partial charge in [-0.15, -0.1) is 0 Å². The summed E-state index contributed by atoms with van der Waals surface area (Å²) in [5.74, 6) is -0.00913. The molecule has 0 bridgehead atoms. The van der Waals surface area contributed by atoms with Gasteiger partial charge in [-0.25, -0.2) is 0 Å². The first-order chi connectivity index (χ1) is 18.7. The van der Waals surface area contributed by atoms with Crippen LogP contribution in [0.4, 0.5) is 11.4 Å². The number of benzene rings is 3. The van der Waals surface area contributed by atoms with Gasteiger partial charge < -0.3 is 15.6 Å². The molecule has 2 aromatic heterocycles. The van der Waals surface area contributed by atoms with Crippen molar-refractivity contribution in [2.75, 3.05) is 5.32 Å². The minimum Gasteiger partial charge on any atom is -0.361 e. The van der Waals surface area contributed by atoms with E-state index in [1.165, 1.54) is 12.8 Å². The van der Waals surface area contributed by atoms with Crippen LogP contribution in [-0.4, -0.2) is 21.9 Å². The normalized spacial score (nSPS) is 13.3. The summed E-state index contributed by atoms with van der Waals surface area (Å²) in [4.78, 5) is 20.2. The van der Waals surface area contributed by atoms with E-state index in [0.29, 0.717) is 22.9 Å². The summed E-state index contributed by atoms with van der Waals surface area (Å²) in [6.07, 6.45) is 9.78. The van der Waals surface area contributed by atoms with Crippen molar-refractivity contribution in [3.05, 3.63) is 103 Å². The van der Waals surface area contributed by atoms with Crippen LogP contribution in [0.5, 0.6) is 0 Å². The summed E-state index contributed by atoms with van der Waals surface area (Å²) >= 11 is 0. The average Bonchev–Trinajstić information content (AvgIpc) is 3.65. The Balaban J connectivity index is 1.29. The molecule has 0 atom stereocenters. The molecule has 6 heteroatoms. The second-order valence-corrected chi connectivity index (χ2v) is 9.74. The standard InChI is InChI=1S/C32H27N5O/c33-18-26-19-34-20-29(31(26)36-28-12-13-30-25(17-28)14-15-35-30)24-5-3-4-23(16-24)21-8-10-22(11-9-21)32(38)37-27-6-1-2-7-27/h3-5,8-17,19-20,27,35H,1-2,6-7H2,(H,34,36)(H,37,38). The van der Waals surface area contributed by atoms with Crippen molar-refractivity contribution in [3.8, 4) is 28.3 Å². The third-order valence-corrected chi connectivity index (χ3v) is 7.23. The van der Waals surface area contributed by atoms with E-state index in [1.807, 2.05) is 66.9 Å². The number of H-pyrrole nitrogens is 1. The van der Waals surface area contributed by atoms with E-state index >= 15 is 0 Å². The van der Waals surface area contributed by atoms with Gasteiger partial charge in [0, 0.05) is 52.3 Å². The van der Waals surface area contributed by atoms with Crippen molar-refractivity contribution >= 4 is 28.2 Å². The van der Waals surface area contributed by atoms with Crippen LogP contribution >= 0.6 is 0 Å². The Morgan fingerprint density at radius 1 is 0.921 bits per heavy atom. The van der Waals surface area contributed by atoms with Crippen molar-refractivity contribution in [3.63, 3.8) is 0 Å². The largest absolute Gasteiger partial charge is 0.361 e. The maximum atomic E-state index is 12.6. The number of carbonyl (C=O) groups excluding carboxylic acids is 1. The fraction of sp³-hybridized carbons (Fsp3) is 0.156. The lowest BCUT2D eigenvalue weighted by Gasteiger charge is -2.15. The highest BCUT2D eigenvalue weighted by Gasteiger charge is 2.18. The zero-order chi connectivity index (χ0) is 25.9. The fourth-order valence-electron chi connectivity index (χ4n) is 5.19. The van der Waals surface area contributed by atoms with Crippen LogP contribution in [0.15, 0.2) is 91.4 Å². The molecule has 0 unspecified atom stereocenters. The van der Waals surface area contributed by atoms with Gasteiger partial charge in [-0.05, 0) is 72.0 Å². The molecule has 3 N–H and O–H groups in total. The number of aromatic amines is 1. The van der Waals surface area contributed by atoms with E-state index in [2.05, 4.69) is 38.8 Å². The molecular formula is C32H27N5O. The predicted molar refractivity (Wildman–Crippen MR) is 151 cm³/mol. The number of hydrogen-bond donors (Lipinski definition) is 3. The van der Waals surface area contributed by atoms with Gasteiger partial charge in [0.25, 0.3) is 5.91 Å². The van der Waals surface area contributed by atoms with Gasteiger partial charge in [0.1, 0.15) is 6.07 Å². The molecule has 38 heavy (non-hydrogen) atoms. The van der Waals surface area contributed by atoms with Crippen molar-refractivity contribution in [2.45, 2.75) is 31.7 Å². The molecule has 5 aromatic rings. The number of rotatable bonds is 6. The third-order valence-electron chi connectivity index (χ3n) is 7.23. The molecule has 186 valence electrons. The summed E-state index contributed by atoms with van der Waals surface area (Å²) in [6, 6.07) is 26.5. The molecule has 0 aliphatic heterocycles. The molecule has 1 amide bonds. The summed E-state index contributed by atoms with van der Waals surface area (Å²) in [7, 11) is 0. The minimum absolute atomic E-state index is 0.00913. The number of nitrogens with one attached hydrogen (secondary N) is 3. The van der Waals surface area contributed by atoms with Gasteiger partial charge >= 0.3 is 0 Å². The summed E-state index contributed by atoms with van der Waals surface area (Å²) in [5.41, 5.74) is 7.63. The first-order valence-corrected chi connectivity index (χ1v) is 12.9. The Kier molecular flexibility index (Phi) is 6.33. The SMILES string of the molecule is N#Cc1cncc(-c2cccc(-c3ccc(C(=O)NC4CCCC4)cc3)c2)c1Nc1ccc2[nH]ccc2c1. The van der Waals surface area contributed by atoms with Crippen LogP contribution in [0.25, 0.3) is 33.2 Å². The Bertz CT molecular complexity index is 1660. The van der Waals surface area contributed by atoms with E-state index in [0.717, 1.165) is 51.7 Å². The van der Waals surface area contributed by atoms with Crippen LogP contribution in [-0.2, 0) is 0 Å². The zero-order valence-electron chi connectivity index (χ0n) is 20.9. The van der Waals surface area contributed by atoms with Gasteiger partial charge in [-0.3, -0.25) is 9.78 Å². The number of nitriles is 1. The Morgan fingerprint density at radius 3 is 2.55 bits per heavy atom. The lowest BCUT2D eigenvalue weighted by Crippen LogP contribution is -2.32. The van der Waals surface area contributed by atoms with Crippen molar-refractivity contribution < 1.29 is 4.79 Å². The Morgan fingerprint density at radius 2 is 1.74 bits per heavy atom. The number of fused-ring (bicyclic) bond motifs is 1. The molecular weight excluding hydrogens is 470 g/mol. The van der Waals surface area contributed by atoms with E-state index in [-0.39, 0.29) is 5.91 Å². The molecule has 6 nitrogen and oxygen atoms in total. The third kappa shape index (κ3) is 4.74. The number of carbonyl (C=O) groups is 1. The van der Waals surface area contributed by atoms with Crippen LogP contribution in [0.3, 0.4) is 0 Å². The van der Waals surface area contributed by atoms with Gasteiger partial charge in [0.15, 0.2) is 0 Å². The monoisotopic (exact) mass is 497 g/mol. The highest BCUT2D eigenvalue weighted by atomic mass is 16.1. The first-order valence-electron chi connectivity index (χ1n) is 12.9. The second-order valence-electron chi connectivity index (χ2n) is 9.74.